The van der Waals surface area contributed by atoms with Crippen LogP contribution in [0.2, 0.25) is 5.02 Å². The van der Waals surface area contributed by atoms with Crippen LogP contribution in [0.15, 0.2) is 48.5 Å². The standard InChI is InChI=1S/C24H32ClN3S/c1-3-4-7-19-10-12-21(13-11-19)26-24(29)28(22-14-16-27(2)17-15-22)18-20-8-5-6-9-23(20)25/h5-6,8-13,22H,3-4,7,14-18H2,1-2H3,(H,26,29). The summed E-state index contributed by atoms with van der Waals surface area (Å²) in [5, 5.41) is 5.05. The SMILES string of the molecule is CCCCc1ccc(NC(=S)N(Cc2ccccc2Cl)C2CCN(C)CC2)cc1. The number of piperidine rings is 1. The van der Waals surface area contributed by atoms with Crippen LogP contribution in [0.25, 0.3) is 0 Å². The predicted molar refractivity (Wildman–Crippen MR) is 129 cm³/mol. The lowest BCUT2D eigenvalue weighted by Gasteiger charge is -2.39. The zero-order chi connectivity index (χ0) is 20.6. The lowest BCUT2D eigenvalue weighted by Crippen LogP contribution is -2.47. The summed E-state index contributed by atoms with van der Waals surface area (Å²) < 4.78 is 0. The molecule has 5 heteroatoms. The second-order valence-electron chi connectivity index (χ2n) is 7.98. The summed E-state index contributed by atoms with van der Waals surface area (Å²) in [5.41, 5.74) is 3.55. The molecule has 1 aliphatic rings. The van der Waals surface area contributed by atoms with E-state index in [9.17, 15) is 0 Å². The van der Waals surface area contributed by atoms with Gasteiger partial charge >= 0.3 is 0 Å². The van der Waals surface area contributed by atoms with Gasteiger partial charge in [-0.25, -0.2) is 0 Å². The summed E-state index contributed by atoms with van der Waals surface area (Å²) in [6.07, 6.45) is 5.80. The Morgan fingerprint density at radius 3 is 2.48 bits per heavy atom. The van der Waals surface area contributed by atoms with E-state index in [1.807, 2.05) is 18.2 Å². The minimum atomic E-state index is 0.423. The van der Waals surface area contributed by atoms with Gasteiger partial charge < -0.3 is 15.1 Å². The molecule has 0 aliphatic carbocycles. The minimum absolute atomic E-state index is 0.423. The van der Waals surface area contributed by atoms with Crippen LogP contribution in [-0.4, -0.2) is 41.1 Å². The fraction of sp³-hybridized carbons (Fsp3) is 0.458. The van der Waals surface area contributed by atoms with E-state index in [1.165, 1.54) is 18.4 Å². The number of unbranched alkanes of at least 4 members (excludes halogenated alkanes) is 1. The Labute approximate surface area is 186 Å². The third kappa shape index (κ3) is 6.43. The smallest absolute Gasteiger partial charge is 0.173 e. The molecule has 2 aromatic carbocycles. The maximum atomic E-state index is 6.46. The van der Waals surface area contributed by atoms with E-state index in [1.54, 1.807) is 0 Å². The maximum absolute atomic E-state index is 6.46. The van der Waals surface area contributed by atoms with Gasteiger partial charge in [0.05, 0.1) is 0 Å². The monoisotopic (exact) mass is 429 g/mol. The van der Waals surface area contributed by atoms with Crippen molar-refractivity contribution in [2.24, 2.45) is 0 Å². The van der Waals surface area contributed by atoms with Gasteiger partial charge in [-0.05, 0) is 87.4 Å². The number of rotatable bonds is 7. The van der Waals surface area contributed by atoms with Crippen LogP contribution >= 0.6 is 23.8 Å². The molecule has 3 nitrogen and oxygen atoms in total. The van der Waals surface area contributed by atoms with Crippen molar-refractivity contribution in [1.82, 2.24) is 9.80 Å². The molecule has 0 spiro atoms. The number of anilines is 1. The van der Waals surface area contributed by atoms with Gasteiger partial charge in [-0.2, -0.15) is 0 Å². The molecule has 0 bridgehead atoms. The Morgan fingerprint density at radius 2 is 1.83 bits per heavy atom. The van der Waals surface area contributed by atoms with Gasteiger partial charge in [-0.15, -0.1) is 0 Å². The third-order valence-electron chi connectivity index (χ3n) is 5.71. The molecule has 0 saturated carbocycles. The molecular formula is C24H32ClN3S. The molecule has 0 atom stereocenters. The van der Waals surface area contributed by atoms with Crippen molar-refractivity contribution in [2.75, 3.05) is 25.5 Å². The molecule has 1 fully saturated rings. The largest absolute Gasteiger partial charge is 0.342 e. The van der Waals surface area contributed by atoms with Gasteiger partial charge in [-0.3, -0.25) is 0 Å². The molecular weight excluding hydrogens is 398 g/mol. The van der Waals surface area contributed by atoms with Crippen LogP contribution < -0.4 is 5.32 Å². The summed E-state index contributed by atoms with van der Waals surface area (Å²) in [6.45, 7) is 5.15. The normalized spacial score (nSPS) is 15.3. The minimum Gasteiger partial charge on any atom is -0.342 e. The first-order valence-electron chi connectivity index (χ1n) is 10.7. The highest BCUT2D eigenvalue weighted by Gasteiger charge is 2.25. The molecule has 29 heavy (non-hydrogen) atoms. The highest BCUT2D eigenvalue weighted by atomic mass is 35.5. The van der Waals surface area contributed by atoms with Crippen molar-refractivity contribution in [3.63, 3.8) is 0 Å². The molecule has 156 valence electrons. The first-order valence-corrected chi connectivity index (χ1v) is 11.4. The summed E-state index contributed by atoms with van der Waals surface area (Å²) >= 11 is 12.3. The number of thiocarbonyl (C=S) groups is 1. The fourth-order valence-corrected chi connectivity index (χ4v) is 4.34. The molecule has 1 saturated heterocycles. The molecule has 0 radical (unpaired) electrons. The fourth-order valence-electron chi connectivity index (χ4n) is 3.81. The quantitative estimate of drug-likeness (QED) is 0.545. The molecule has 1 N–H and O–H groups in total. The number of benzene rings is 2. The van der Waals surface area contributed by atoms with Crippen molar-refractivity contribution in [1.29, 1.82) is 0 Å². The van der Waals surface area contributed by atoms with Crippen molar-refractivity contribution < 1.29 is 0 Å². The maximum Gasteiger partial charge on any atom is 0.173 e. The number of hydrogen-bond acceptors (Lipinski definition) is 2. The molecule has 0 aromatic heterocycles. The zero-order valence-corrected chi connectivity index (χ0v) is 19.1. The average Bonchev–Trinajstić information content (AvgIpc) is 2.73. The van der Waals surface area contributed by atoms with Crippen LogP contribution in [-0.2, 0) is 13.0 Å². The van der Waals surface area contributed by atoms with Gasteiger partial charge in [0.2, 0.25) is 0 Å². The van der Waals surface area contributed by atoms with Gasteiger partial charge in [0.15, 0.2) is 5.11 Å². The number of nitrogens with one attached hydrogen (secondary N) is 1. The third-order valence-corrected chi connectivity index (χ3v) is 6.42. The predicted octanol–water partition coefficient (Wildman–Crippen LogP) is 5.98. The van der Waals surface area contributed by atoms with Crippen LogP contribution in [0.3, 0.4) is 0 Å². The average molecular weight is 430 g/mol. The van der Waals surface area contributed by atoms with Crippen LogP contribution in [0.4, 0.5) is 5.69 Å². The van der Waals surface area contributed by atoms with Gasteiger partial charge in [0.25, 0.3) is 0 Å². The molecule has 3 rings (SSSR count). The molecule has 2 aromatic rings. The van der Waals surface area contributed by atoms with Crippen molar-refractivity contribution in [3.8, 4) is 0 Å². The van der Waals surface area contributed by atoms with Crippen molar-refractivity contribution in [3.05, 3.63) is 64.7 Å². The first kappa shape index (κ1) is 22.1. The summed E-state index contributed by atoms with van der Waals surface area (Å²) in [4.78, 5) is 4.71. The molecule has 1 heterocycles. The topological polar surface area (TPSA) is 18.5 Å². The number of halogens is 1. The lowest BCUT2D eigenvalue weighted by atomic mass is 10.0. The van der Waals surface area contributed by atoms with E-state index in [-0.39, 0.29) is 0 Å². The summed E-state index contributed by atoms with van der Waals surface area (Å²) in [5.74, 6) is 0. The highest BCUT2D eigenvalue weighted by molar-refractivity contribution is 7.80. The number of hydrogen-bond donors (Lipinski definition) is 1. The van der Waals surface area contributed by atoms with Gasteiger partial charge in [0, 0.05) is 23.3 Å². The van der Waals surface area contributed by atoms with E-state index in [0.717, 1.165) is 60.3 Å². The highest BCUT2D eigenvalue weighted by Crippen LogP contribution is 2.24. The van der Waals surface area contributed by atoms with Crippen molar-refractivity contribution >= 4 is 34.6 Å². The Kier molecular flexibility index (Phi) is 8.34. The van der Waals surface area contributed by atoms with E-state index < -0.39 is 0 Å². The molecule has 1 aliphatic heterocycles. The van der Waals surface area contributed by atoms with Crippen molar-refractivity contribution in [2.45, 2.75) is 51.6 Å². The van der Waals surface area contributed by atoms with Gasteiger partial charge in [-0.1, -0.05) is 55.3 Å². The first-order chi connectivity index (χ1) is 14.1. The molecule has 0 unspecified atom stereocenters. The van der Waals surface area contributed by atoms with E-state index in [2.05, 4.69) is 59.4 Å². The summed E-state index contributed by atoms with van der Waals surface area (Å²) in [6, 6.07) is 17.2. The van der Waals surface area contributed by atoms with Crippen LogP contribution in [0.5, 0.6) is 0 Å². The van der Waals surface area contributed by atoms with Crippen LogP contribution in [0, 0.1) is 0 Å². The Morgan fingerprint density at radius 1 is 1.14 bits per heavy atom. The van der Waals surface area contributed by atoms with Gasteiger partial charge in [0.1, 0.15) is 0 Å². The van der Waals surface area contributed by atoms with E-state index in [0.29, 0.717) is 6.04 Å². The zero-order valence-electron chi connectivity index (χ0n) is 17.5. The number of likely N-dealkylation sites (tertiary alicyclic amines) is 1. The number of aryl methyl sites for hydroxylation is 1. The summed E-state index contributed by atoms with van der Waals surface area (Å²) in [7, 11) is 2.19. The van der Waals surface area contributed by atoms with Crippen LogP contribution in [0.1, 0.15) is 43.7 Å². The Hall–Kier alpha value is -1.62. The lowest BCUT2D eigenvalue weighted by molar-refractivity contribution is 0.173. The second kappa shape index (κ2) is 11.0. The van der Waals surface area contributed by atoms with E-state index in [4.69, 9.17) is 23.8 Å². The molecule has 0 amide bonds. The van der Waals surface area contributed by atoms with E-state index >= 15 is 0 Å². The second-order valence-corrected chi connectivity index (χ2v) is 8.78. The Balaban J connectivity index is 1.72. The number of nitrogens with zero attached hydrogens (tertiary/aromatic N) is 2. The Bertz CT molecular complexity index is 785.